The number of hydrogen-bond donors (Lipinski definition) is 2. The number of phenolic OH excluding ortho intramolecular Hbond substituents is 1. The largest absolute Gasteiger partial charge is 0.508 e. The van der Waals surface area contributed by atoms with E-state index in [1.54, 1.807) is 22.9 Å². The molecule has 0 saturated heterocycles. The standard InChI is InChI=1S/C18H20N4O2/c1-3-4-5-8-22-16(9-13(2)21-22)18(24)20-12-15-7-6-14(11-19)10-17(15)23/h3,6-7,9-10,23H,1,4-5,8,12H2,2H3,(H,20,24). The average molecular weight is 324 g/mol. The van der Waals surface area contributed by atoms with Crippen molar-refractivity contribution in [2.24, 2.45) is 0 Å². The lowest BCUT2D eigenvalue weighted by Crippen LogP contribution is -2.26. The van der Waals surface area contributed by atoms with Crippen LogP contribution in [0.1, 0.15) is 40.2 Å². The molecule has 2 N–H and O–H groups in total. The topological polar surface area (TPSA) is 90.9 Å². The van der Waals surface area contributed by atoms with Crippen molar-refractivity contribution in [2.45, 2.75) is 32.9 Å². The third-order valence-electron chi connectivity index (χ3n) is 3.57. The van der Waals surface area contributed by atoms with Crippen molar-refractivity contribution in [2.75, 3.05) is 0 Å². The first-order valence-electron chi connectivity index (χ1n) is 7.70. The summed E-state index contributed by atoms with van der Waals surface area (Å²) in [6.07, 6.45) is 3.56. The van der Waals surface area contributed by atoms with Gasteiger partial charge in [0.1, 0.15) is 11.4 Å². The number of rotatable bonds is 7. The minimum Gasteiger partial charge on any atom is -0.508 e. The molecule has 0 aliphatic heterocycles. The molecule has 2 aromatic rings. The minimum atomic E-state index is -0.252. The molecule has 1 heterocycles. The molecule has 0 aliphatic carbocycles. The Morgan fingerprint density at radius 2 is 2.29 bits per heavy atom. The van der Waals surface area contributed by atoms with Crippen LogP contribution < -0.4 is 5.32 Å². The lowest BCUT2D eigenvalue weighted by molar-refractivity contribution is 0.0939. The van der Waals surface area contributed by atoms with Crippen LogP contribution in [0.4, 0.5) is 0 Å². The monoisotopic (exact) mass is 324 g/mol. The van der Waals surface area contributed by atoms with Crippen molar-refractivity contribution in [3.05, 3.63) is 59.4 Å². The number of aromatic hydroxyl groups is 1. The van der Waals surface area contributed by atoms with Gasteiger partial charge in [-0.1, -0.05) is 12.1 Å². The van der Waals surface area contributed by atoms with E-state index in [9.17, 15) is 9.90 Å². The molecule has 0 unspecified atom stereocenters. The first-order chi connectivity index (χ1) is 11.5. The van der Waals surface area contributed by atoms with Crippen LogP contribution in [-0.4, -0.2) is 20.8 Å². The maximum Gasteiger partial charge on any atom is 0.269 e. The Kier molecular flexibility index (Phi) is 5.74. The van der Waals surface area contributed by atoms with E-state index < -0.39 is 0 Å². The van der Waals surface area contributed by atoms with Crippen LogP contribution in [0.5, 0.6) is 5.75 Å². The minimum absolute atomic E-state index is 0.00924. The van der Waals surface area contributed by atoms with E-state index in [0.717, 1.165) is 18.5 Å². The summed E-state index contributed by atoms with van der Waals surface area (Å²) in [7, 11) is 0. The fourth-order valence-corrected chi connectivity index (χ4v) is 2.33. The number of allylic oxidation sites excluding steroid dienone is 1. The molecule has 2 rings (SSSR count). The van der Waals surface area contributed by atoms with Crippen LogP contribution in [0, 0.1) is 18.3 Å². The number of carbonyl (C=O) groups is 1. The second-order valence-corrected chi connectivity index (χ2v) is 5.46. The summed E-state index contributed by atoms with van der Waals surface area (Å²) in [4.78, 5) is 12.4. The smallest absolute Gasteiger partial charge is 0.269 e. The van der Waals surface area contributed by atoms with E-state index >= 15 is 0 Å². The highest BCUT2D eigenvalue weighted by Gasteiger charge is 2.14. The lowest BCUT2D eigenvalue weighted by atomic mass is 10.1. The van der Waals surface area contributed by atoms with Crippen molar-refractivity contribution in [1.29, 1.82) is 5.26 Å². The van der Waals surface area contributed by atoms with Gasteiger partial charge in [0.25, 0.3) is 5.91 Å². The first kappa shape index (κ1) is 17.3. The summed E-state index contributed by atoms with van der Waals surface area (Å²) in [5.74, 6) is -0.261. The molecule has 0 aliphatic rings. The Morgan fingerprint density at radius 1 is 1.50 bits per heavy atom. The van der Waals surface area contributed by atoms with Crippen LogP contribution in [0.25, 0.3) is 0 Å². The zero-order valence-electron chi connectivity index (χ0n) is 13.6. The number of phenols is 1. The van der Waals surface area contributed by atoms with Gasteiger partial charge >= 0.3 is 0 Å². The van der Waals surface area contributed by atoms with Crippen molar-refractivity contribution >= 4 is 5.91 Å². The summed E-state index contributed by atoms with van der Waals surface area (Å²) in [6.45, 7) is 6.34. The van der Waals surface area contributed by atoms with Crippen molar-refractivity contribution in [3.63, 3.8) is 0 Å². The molecular formula is C18H20N4O2. The van der Waals surface area contributed by atoms with Gasteiger partial charge in [-0.25, -0.2) is 0 Å². The highest BCUT2D eigenvalue weighted by Crippen LogP contribution is 2.18. The molecule has 0 radical (unpaired) electrons. The van der Waals surface area contributed by atoms with Gasteiger partial charge in [-0.05, 0) is 38.0 Å². The molecule has 6 heteroatoms. The first-order valence-corrected chi connectivity index (χ1v) is 7.70. The highest BCUT2D eigenvalue weighted by molar-refractivity contribution is 5.92. The van der Waals surface area contributed by atoms with Gasteiger partial charge in [0.2, 0.25) is 0 Å². The Bertz CT molecular complexity index is 787. The van der Waals surface area contributed by atoms with Crippen LogP contribution >= 0.6 is 0 Å². The van der Waals surface area contributed by atoms with Gasteiger partial charge in [-0.3, -0.25) is 9.48 Å². The van der Waals surface area contributed by atoms with E-state index in [1.165, 1.54) is 6.07 Å². The highest BCUT2D eigenvalue weighted by atomic mass is 16.3. The molecule has 1 aromatic carbocycles. The molecular weight excluding hydrogens is 304 g/mol. The van der Waals surface area contributed by atoms with E-state index in [4.69, 9.17) is 5.26 Å². The molecule has 0 atom stereocenters. The number of nitrogens with one attached hydrogen (secondary N) is 1. The quantitative estimate of drug-likeness (QED) is 0.605. The number of unbranched alkanes of at least 4 members (excludes halogenated alkanes) is 1. The molecule has 0 saturated carbocycles. The zero-order chi connectivity index (χ0) is 17.5. The normalized spacial score (nSPS) is 10.2. The number of amides is 1. The summed E-state index contributed by atoms with van der Waals surface area (Å²) < 4.78 is 1.69. The number of nitriles is 1. The second-order valence-electron chi connectivity index (χ2n) is 5.46. The molecule has 24 heavy (non-hydrogen) atoms. The molecule has 0 bridgehead atoms. The number of aryl methyl sites for hydroxylation is 2. The van der Waals surface area contributed by atoms with E-state index in [1.807, 2.05) is 19.1 Å². The van der Waals surface area contributed by atoms with Crippen molar-refractivity contribution < 1.29 is 9.90 Å². The molecule has 6 nitrogen and oxygen atoms in total. The molecule has 0 spiro atoms. The Morgan fingerprint density at radius 3 is 2.96 bits per heavy atom. The lowest BCUT2D eigenvalue weighted by Gasteiger charge is -2.09. The predicted molar refractivity (Wildman–Crippen MR) is 90.4 cm³/mol. The maximum absolute atomic E-state index is 12.4. The summed E-state index contributed by atoms with van der Waals surface area (Å²) in [5, 5.41) is 25.8. The number of aromatic nitrogens is 2. The van der Waals surface area contributed by atoms with Gasteiger partial charge in [0, 0.05) is 18.7 Å². The number of nitrogens with zero attached hydrogens (tertiary/aromatic N) is 3. The number of hydrogen-bond acceptors (Lipinski definition) is 4. The van der Waals surface area contributed by atoms with Gasteiger partial charge < -0.3 is 10.4 Å². The van der Waals surface area contributed by atoms with E-state index in [2.05, 4.69) is 17.0 Å². The molecule has 1 amide bonds. The van der Waals surface area contributed by atoms with Crippen molar-refractivity contribution in [3.8, 4) is 11.8 Å². The average Bonchev–Trinajstić information content (AvgIpc) is 2.94. The van der Waals surface area contributed by atoms with Crippen LogP contribution in [-0.2, 0) is 13.1 Å². The summed E-state index contributed by atoms with van der Waals surface area (Å²) >= 11 is 0. The fourth-order valence-electron chi connectivity index (χ4n) is 2.33. The number of carbonyl (C=O) groups excluding carboxylic acids is 1. The van der Waals surface area contributed by atoms with Gasteiger partial charge in [-0.2, -0.15) is 10.4 Å². The Labute approximate surface area is 141 Å². The number of benzene rings is 1. The molecule has 1 aromatic heterocycles. The fraction of sp³-hybridized carbons (Fsp3) is 0.278. The van der Waals surface area contributed by atoms with Crippen LogP contribution in [0.2, 0.25) is 0 Å². The van der Waals surface area contributed by atoms with E-state index in [-0.39, 0.29) is 18.2 Å². The third-order valence-corrected chi connectivity index (χ3v) is 3.57. The maximum atomic E-state index is 12.4. The zero-order valence-corrected chi connectivity index (χ0v) is 13.6. The van der Waals surface area contributed by atoms with Gasteiger partial charge in [0.05, 0.1) is 17.3 Å². The van der Waals surface area contributed by atoms with Crippen LogP contribution in [0.15, 0.2) is 36.9 Å². The van der Waals surface area contributed by atoms with E-state index in [0.29, 0.717) is 23.4 Å². The van der Waals surface area contributed by atoms with Crippen LogP contribution in [0.3, 0.4) is 0 Å². The predicted octanol–water partition coefficient (Wildman–Crippen LogP) is 2.67. The van der Waals surface area contributed by atoms with Gasteiger partial charge in [0.15, 0.2) is 0 Å². The molecule has 124 valence electrons. The second kappa shape index (κ2) is 7.97. The summed E-state index contributed by atoms with van der Waals surface area (Å²) in [6, 6.07) is 8.30. The van der Waals surface area contributed by atoms with Crippen molar-refractivity contribution in [1.82, 2.24) is 15.1 Å². The third kappa shape index (κ3) is 4.23. The Hall–Kier alpha value is -3.07. The SMILES string of the molecule is C=CCCCn1nc(C)cc1C(=O)NCc1ccc(C#N)cc1O. The Balaban J connectivity index is 2.05. The summed E-state index contributed by atoms with van der Waals surface area (Å²) in [5.41, 5.74) is 2.19. The van der Waals surface area contributed by atoms with Gasteiger partial charge in [-0.15, -0.1) is 6.58 Å². The molecule has 0 fully saturated rings.